The Bertz CT molecular complexity index is 2240. The standard InChI is InChI=1S/C56H76I6N2O8/c1-8-32(23-38-43(57)26-45(59)51(63)49(38)61)53(67)69-28-36(29-70-54(68)33(9-2)24-39-44(58)27-46(60)52(64)50(39)62)72-48(66)18-17-47(65)71-35-19-21-55(6)34(25-35)13-14-37-41-16-15-40(31(5)12-10-11-30(3)4)56(41,7)22-20-42(37)55/h13,26-27,30-33,35-37,40-42H,8-12,14-25,28-29,63-64H2,1-7H3/t31-,32?,33?,35+,36?,37+,40-,41+,42+,55+,56-/m1/s1. The molecule has 0 amide bonds. The minimum atomic E-state index is -1.09. The quantitative estimate of drug-likeness (QED) is 0.0382. The summed E-state index contributed by atoms with van der Waals surface area (Å²) in [5, 5.41) is 0. The lowest BCUT2D eigenvalue weighted by Gasteiger charge is -2.58. The van der Waals surface area contributed by atoms with Crippen molar-refractivity contribution in [1.29, 1.82) is 0 Å². The fourth-order valence-electron chi connectivity index (χ4n) is 13.1. The second-order valence-electron chi connectivity index (χ2n) is 22.2. The van der Waals surface area contributed by atoms with Crippen LogP contribution in [0.3, 0.4) is 0 Å². The number of esters is 4. The Labute approximate surface area is 511 Å². The van der Waals surface area contributed by atoms with Crippen LogP contribution in [0.5, 0.6) is 0 Å². The van der Waals surface area contributed by atoms with Crippen LogP contribution in [-0.4, -0.2) is 49.3 Å². The van der Waals surface area contributed by atoms with Gasteiger partial charge in [0.1, 0.15) is 19.3 Å². The van der Waals surface area contributed by atoms with E-state index in [9.17, 15) is 19.2 Å². The van der Waals surface area contributed by atoms with Gasteiger partial charge in [-0.05, 0) is 276 Å². The fourth-order valence-corrected chi connectivity index (χ4v) is 20.7. The monoisotopic (exact) mass is 1670 g/mol. The molecule has 16 heteroatoms. The number of anilines is 2. The van der Waals surface area contributed by atoms with E-state index in [4.69, 9.17) is 30.4 Å². The van der Waals surface area contributed by atoms with Crippen molar-refractivity contribution in [3.05, 3.63) is 56.3 Å². The molecule has 3 fully saturated rings. The maximum absolute atomic E-state index is 13.7. The molecule has 72 heavy (non-hydrogen) atoms. The summed E-state index contributed by atoms with van der Waals surface area (Å²) in [5.41, 5.74) is 18.1. The number of carbonyl (C=O) groups is 4. The number of allylic oxidation sites excluding steroid dienone is 1. The number of rotatable bonds is 22. The largest absolute Gasteiger partial charge is 0.462 e. The van der Waals surface area contributed by atoms with Crippen molar-refractivity contribution < 1.29 is 38.1 Å². The van der Waals surface area contributed by atoms with Crippen molar-refractivity contribution in [3.63, 3.8) is 0 Å². The molecule has 10 atom stereocenters. The Balaban J connectivity index is 1.05. The van der Waals surface area contributed by atoms with Crippen LogP contribution in [0.2, 0.25) is 0 Å². The highest BCUT2D eigenvalue weighted by Crippen LogP contribution is 2.67. The van der Waals surface area contributed by atoms with Crippen LogP contribution in [0.25, 0.3) is 0 Å². The highest BCUT2D eigenvalue weighted by molar-refractivity contribution is 14.1. The minimum absolute atomic E-state index is 0.130. The van der Waals surface area contributed by atoms with Crippen molar-refractivity contribution in [2.45, 2.75) is 170 Å². The van der Waals surface area contributed by atoms with Crippen LogP contribution in [0.4, 0.5) is 11.4 Å². The number of carbonyl (C=O) groups excluding carboxylic acids is 4. The molecule has 6 rings (SSSR count). The smallest absolute Gasteiger partial charge is 0.309 e. The van der Waals surface area contributed by atoms with Crippen molar-refractivity contribution in [2.24, 2.45) is 58.2 Å². The zero-order valence-corrected chi connectivity index (χ0v) is 56.1. The number of benzene rings is 2. The third-order valence-electron chi connectivity index (χ3n) is 17.4. The Morgan fingerprint density at radius 3 is 1.81 bits per heavy atom. The zero-order valence-electron chi connectivity index (χ0n) is 43.1. The van der Waals surface area contributed by atoms with E-state index in [-0.39, 0.29) is 37.6 Å². The van der Waals surface area contributed by atoms with Crippen LogP contribution in [0, 0.1) is 79.6 Å². The van der Waals surface area contributed by atoms with Crippen molar-refractivity contribution >= 4 is 171 Å². The van der Waals surface area contributed by atoms with Crippen molar-refractivity contribution in [1.82, 2.24) is 0 Å². The highest BCUT2D eigenvalue weighted by atomic mass is 127. The summed E-state index contributed by atoms with van der Waals surface area (Å²) in [7, 11) is 0. The summed E-state index contributed by atoms with van der Waals surface area (Å²) in [6.07, 6.45) is 15.7. The zero-order chi connectivity index (χ0) is 52.8. The molecule has 0 spiro atoms. The molecule has 0 heterocycles. The average Bonchev–Trinajstić information content (AvgIpc) is 3.70. The summed E-state index contributed by atoms with van der Waals surface area (Å²) in [4.78, 5) is 54.3. The normalized spacial score (nSPS) is 26.3. The first kappa shape index (κ1) is 61.3. The third kappa shape index (κ3) is 14.6. The van der Waals surface area contributed by atoms with E-state index < -0.39 is 41.8 Å². The third-order valence-corrected chi connectivity index (χ3v) is 23.5. The Kier molecular flexibility index (Phi) is 23.2. The first-order chi connectivity index (χ1) is 34.0. The van der Waals surface area contributed by atoms with E-state index in [1.165, 1.54) is 50.5 Å². The van der Waals surface area contributed by atoms with Crippen LogP contribution >= 0.6 is 136 Å². The second-order valence-corrected chi connectivity index (χ2v) is 29.0. The maximum Gasteiger partial charge on any atom is 0.309 e. The molecule has 2 aromatic carbocycles. The molecule has 0 saturated heterocycles. The molecule has 0 aliphatic heterocycles. The topological polar surface area (TPSA) is 157 Å². The van der Waals surface area contributed by atoms with Gasteiger partial charge in [0, 0.05) is 27.8 Å². The number of ether oxygens (including phenoxy) is 4. The lowest BCUT2D eigenvalue weighted by atomic mass is 9.47. The lowest BCUT2D eigenvalue weighted by Crippen LogP contribution is -2.51. The molecule has 0 radical (unpaired) electrons. The lowest BCUT2D eigenvalue weighted by molar-refractivity contribution is -0.170. The number of hydrogen-bond donors (Lipinski definition) is 2. The molecule has 0 bridgehead atoms. The maximum atomic E-state index is 13.7. The highest BCUT2D eigenvalue weighted by Gasteiger charge is 2.59. The molecule has 2 aromatic rings. The van der Waals surface area contributed by atoms with Crippen molar-refractivity contribution in [2.75, 3.05) is 24.7 Å². The summed E-state index contributed by atoms with van der Waals surface area (Å²) in [6, 6.07) is 4.00. The van der Waals surface area contributed by atoms with Gasteiger partial charge in [-0.1, -0.05) is 79.4 Å². The number of nitrogens with two attached hydrogens (primary N) is 2. The molecule has 0 aromatic heterocycles. The van der Waals surface area contributed by atoms with E-state index in [1.54, 1.807) is 0 Å². The predicted molar refractivity (Wildman–Crippen MR) is 337 cm³/mol. The molecular weight excluding hydrogens is 1590 g/mol. The molecule has 3 saturated carbocycles. The second kappa shape index (κ2) is 27.3. The van der Waals surface area contributed by atoms with Gasteiger partial charge in [-0.3, -0.25) is 19.2 Å². The fraction of sp³-hybridized carbons (Fsp3) is 0.679. The van der Waals surface area contributed by atoms with E-state index in [0.717, 1.165) is 87.8 Å². The predicted octanol–water partition coefficient (Wildman–Crippen LogP) is 15.0. The summed E-state index contributed by atoms with van der Waals surface area (Å²) >= 11 is 13.4. The molecule has 4 aliphatic rings. The summed E-state index contributed by atoms with van der Waals surface area (Å²) in [6.45, 7) is 15.6. The van der Waals surface area contributed by atoms with Crippen LogP contribution in [0.1, 0.15) is 156 Å². The molecule has 10 nitrogen and oxygen atoms in total. The van der Waals surface area contributed by atoms with Gasteiger partial charge in [-0.15, -0.1) is 0 Å². The Morgan fingerprint density at radius 1 is 0.708 bits per heavy atom. The first-order valence-corrected chi connectivity index (χ1v) is 32.7. The Morgan fingerprint density at radius 2 is 1.26 bits per heavy atom. The van der Waals surface area contributed by atoms with E-state index in [0.29, 0.717) is 48.4 Å². The summed E-state index contributed by atoms with van der Waals surface area (Å²) < 4.78 is 29.4. The number of nitrogen functional groups attached to an aromatic ring is 2. The molecule has 4 N–H and O–H groups in total. The minimum Gasteiger partial charge on any atom is -0.462 e. The Hall–Kier alpha value is 0.0400. The molecule has 2 unspecified atom stereocenters. The SMILES string of the molecule is CCC(Cc1c(I)cc(I)c(N)c1I)C(=O)OCC(COC(=O)C(CC)Cc1c(I)cc(I)c(N)c1I)OC(=O)CCC(=O)O[C@H]1CC[C@@]2(C)C(=CC[C@H]3[C@@H]4CC[C@H]([C@H](C)CCCC(C)C)[C@@]4(C)CC[C@@H]32)C1. The van der Waals surface area contributed by atoms with Gasteiger partial charge in [-0.25, -0.2) is 0 Å². The number of fused-ring (bicyclic) bond motifs is 5. The first-order valence-electron chi connectivity index (χ1n) is 26.3. The van der Waals surface area contributed by atoms with Gasteiger partial charge in [0.15, 0.2) is 6.10 Å². The van der Waals surface area contributed by atoms with Gasteiger partial charge >= 0.3 is 23.9 Å². The van der Waals surface area contributed by atoms with E-state index in [2.05, 4.69) is 176 Å². The average molecular weight is 1670 g/mol. The van der Waals surface area contributed by atoms with Gasteiger partial charge in [0.2, 0.25) is 0 Å². The van der Waals surface area contributed by atoms with Crippen LogP contribution in [-0.2, 0) is 51.0 Å². The van der Waals surface area contributed by atoms with Gasteiger partial charge in [-0.2, -0.15) is 0 Å². The number of hydrogen-bond acceptors (Lipinski definition) is 10. The van der Waals surface area contributed by atoms with E-state index >= 15 is 0 Å². The van der Waals surface area contributed by atoms with Crippen LogP contribution in [0.15, 0.2) is 23.8 Å². The number of halogens is 6. The van der Waals surface area contributed by atoms with Gasteiger partial charge in [0.25, 0.3) is 0 Å². The van der Waals surface area contributed by atoms with Crippen molar-refractivity contribution in [3.8, 4) is 0 Å². The summed E-state index contributed by atoms with van der Waals surface area (Å²) in [5.74, 6) is 1.58. The molecule has 4 aliphatic carbocycles. The van der Waals surface area contributed by atoms with Crippen LogP contribution < -0.4 is 11.5 Å². The molecular formula is C56H76I6N2O8. The van der Waals surface area contributed by atoms with E-state index in [1.807, 2.05) is 26.0 Å². The molecule has 400 valence electrons. The van der Waals surface area contributed by atoms with Gasteiger partial charge in [0.05, 0.1) is 36.1 Å². The van der Waals surface area contributed by atoms with Gasteiger partial charge < -0.3 is 30.4 Å².